The van der Waals surface area contributed by atoms with Crippen molar-refractivity contribution in [3.63, 3.8) is 0 Å². The predicted molar refractivity (Wildman–Crippen MR) is 79.2 cm³/mol. The van der Waals surface area contributed by atoms with Crippen LogP contribution in [0.2, 0.25) is 0 Å². The largest absolute Gasteiger partial charge is 0.508 e. The Morgan fingerprint density at radius 2 is 1.71 bits per heavy atom. The number of hydrogen-bond donors (Lipinski definition) is 5. The number of rotatable bonds is 4. The quantitative estimate of drug-likeness (QED) is 0.551. The molecule has 0 spiro atoms. The number of hydrogen-bond acceptors (Lipinski definition) is 5. The topological polar surface area (TPSA) is 116 Å². The summed E-state index contributed by atoms with van der Waals surface area (Å²) in [6, 6.07) is 9.10. The Morgan fingerprint density at radius 1 is 1.10 bits per heavy atom. The summed E-state index contributed by atoms with van der Waals surface area (Å²) in [6.07, 6.45) is 0.191. The number of amides is 1. The van der Waals surface area contributed by atoms with Crippen LogP contribution in [-0.4, -0.2) is 21.2 Å². The Labute approximate surface area is 121 Å². The molecule has 0 aromatic heterocycles. The zero-order chi connectivity index (χ0) is 15.4. The molecule has 2 rings (SSSR count). The molecule has 6 heteroatoms. The fraction of sp³-hybridized carbons (Fsp3) is 0.133. The zero-order valence-electron chi connectivity index (χ0n) is 11.2. The Hall–Kier alpha value is -2.89. The number of para-hydroxylation sites is 2. The lowest BCUT2D eigenvalue weighted by atomic mass is 10.1. The highest BCUT2D eigenvalue weighted by atomic mass is 16.3. The number of phenolic OH excluding ortho intramolecular Hbond substituents is 3. The van der Waals surface area contributed by atoms with Gasteiger partial charge in [-0.1, -0.05) is 12.1 Å². The molecular formula is C15H16N2O4. The molecule has 2 aromatic rings. The summed E-state index contributed by atoms with van der Waals surface area (Å²) in [4.78, 5) is 11.8. The Bertz CT molecular complexity index is 647. The molecule has 0 aliphatic carbocycles. The van der Waals surface area contributed by atoms with Crippen LogP contribution in [0.3, 0.4) is 0 Å². The SMILES string of the molecule is Nc1ccccc1NC(=O)CCc1c(O)cc(O)cc1O. The first kappa shape index (κ1) is 14.5. The van der Waals surface area contributed by atoms with E-state index in [0.717, 1.165) is 12.1 Å². The highest BCUT2D eigenvalue weighted by Gasteiger charge is 2.12. The van der Waals surface area contributed by atoms with Gasteiger partial charge >= 0.3 is 0 Å². The van der Waals surface area contributed by atoms with Crippen molar-refractivity contribution in [2.75, 3.05) is 11.1 Å². The summed E-state index contributed by atoms with van der Waals surface area (Å²) in [5, 5.41) is 31.2. The van der Waals surface area contributed by atoms with Gasteiger partial charge in [-0.25, -0.2) is 0 Å². The molecular weight excluding hydrogens is 272 g/mol. The first-order chi connectivity index (χ1) is 9.97. The molecule has 0 bridgehead atoms. The average Bonchev–Trinajstić information content (AvgIpc) is 2.40. The van der Waals surface area contributed by atoms with Gasteiger partial charge in [0.1, 0.15) is 17.2 Å². The second-order valence-corrected chi connectivity index (χ2v) is 4.60. The van der Waals surface area contributed by atoms with Gasteiger partial charge in [0.15, 0.2) is 0 Å². The molecule has 6 nitrogen and oxygen atoms in total. The normalized spacial score (nSPS) is 10.3. The van der Waals surface area contributed by atoms with Crippen LogP contribution in [0.25, 0.3) is 0 Å². The summed E-state index contributed by atoms with van der Waals surface area (Å²) in [7, 11) is 0. The lowest BCUT2D eigenvalue weighted by Gasteiger charge is -2.10. The van der Waals surface area contributed by atoms with Gasteiger partial charge in [-0.3, -0.25) is 4.79 Å². The molecule has 0 saturated heterocycles. The first-order valence-corrected chi connectivity index (χ1v) is 6.35. The molecule has 6 N–H and O–H groups in total. The maximum Gasteiger partial charge on any atom is 0.224 e. The molecule has 0 aliphatic rings. The highest BCUT2D eigenvalue weighted by Crippen LogP contribution is 2.32. The number of carbonyl (C=O) groups is 1. The van der Waals surface area contributed by atoms with E-state index in [1.54, 1.807) is 24.3 Å². The number of nitrogen functional groups attached to an aromatic ring is 1. The molecule has 0 radical (unpaired) electrons. The standard InChI is InChI=1S/C15H16N2O4/c16-11-3-1-2-4-12(11)17-15(21)6-5-10-13(19)7-9(18)8-14(10)20/h1-4,7-8,18-20H,5-6,16H2,(H,17,21). The minimum Gasteiger partial charge on any atom is -0.508 e. The smallest absolute Gasteiger partial charge is 0.224 e. The summed E-state index contributed by atoms with van der Waals surface area (Å²) < 4.78 is 0. The van der Waals surface area contributed by atoms with E-state index in [1.807, 2.05) is 0 Å². The first-order valence-electron chi connectivity index (χ1n) is 6.35. The van der Waals surface area contributed by atoms with Crippen LogP contribution in [0.1, 0.15) is 12.0 Å². The zero-order valence-corrected chi connectivity index (χ0v) is 11.2. The Morgan fingerprint density at radius 3 is 2.33 bits per heavy atom. The van der Waals surface area contributed by atoms with E-state index >= 15 is 0 Å². The van der Waals surface area contributed by atoms with Gasteiger partial charge < -0.3 is 26.4 Å². The minimum absolute atomic E-state index is 0.0558. The second-order valence-electron chi connectivity index (χ2n) is 4.60. The summed E-state index contributed by atoms with van der Waals surface area (Å²) in [5.41, 5.74) is 6.91. The van der Waals surface area contributed by atoms with Gasteiger partial charge in [-0.2, -0.15) is 0 Å². The molecule has 1 amide bonds. The van der Waals surface area contributed by atoms with Crippen LogP contribution in [0, 0.1) is 0 Å². The highest BCUT2D eigenvalue weighted by molar-refractivity contribution is 5.93. The van der Waals surface area contributed by atoms with Gasteiger partial charge in [0.25, 0.3) is 0 Å². The number of nitrogens with one attached hydrogen (secondary N) is 1. The lowest BCUT2D eigenvalue weighted by molar-refractivity contribution is -0.116. The number of nitrogens with two attached hydrogens (primary N) is 1. The van der Waals surface area contributed by atoms with E-state index in [2.05, 4.69) is 5.32 Å². The molecule has 21 heavy (non-hydrogen) atoms. The van der Waals surface area contributed by atoms with Crippen LogP contribution in [0.15, 0.2) is 36.4 Å². The third kappa shape index (κ3) is 3.56. The molecule has 0 unspecified atom stereocenters. The van der Waals surface area contributed by atoms with Gasteiger partial charge in [0.2, 0.25) is 5.91 Å². The van der Waals surface area contributed by atoms with E-state index in [1.165, 1.54) is 0 Å². The maximum absolute atomic E-state index is 11.8. The third-order valence-electron chi connectivity index (χ3n) is 3.02. The van der Waals surface area contributed by atoms with E-state index in [-0.39, 0.29) is 41.6 Å². The van der Waals surface area contributed by atoms with Crippen molar-refractivity contribution in [3.05, 3.63) is 42.0 Å². The molecule has 0 aliphatic heterocycles. The van der Waals surface area contributed by atoms with E-state index in [0.29, 0.717) is 11.4 Å². The van der Waals surface area contributed by atoms with Crippen molar-refractivity contribution in [3.8, 4) is 17.2 Å². The molecule has 2 aromatic carbocycles. The summed E-state index contributed by atoms with van der Waals surface area (Å²) in [5.74, 6) is -1.03. The summed E-state index contributed by atoms with van der Waals surface area (Å²) >= 11 is 0. The minimum atomic E-state index is -0.292. The lowest BCUT2D eigenvalue weighted by Crippen LogP contribution is -2.13. The van der Waals surface area contributed by atoms with Crippen molar-refractivity contribution in [2.45, 2.75) is 12.8 Å². The third-order valence-corrected chi connectivity index (χ3v) is 3.02. The fourth-order valence-electron chi connectivity index (χ4n) is 1.95. The van der Waals surface area contributed by atoms with Crippen molar-refractivity contribution in [1.82, 2.24) is 0 Å². The predicted octanol–water partition coefficient (Wildman–Crippen LogP) is 1.96. The maximum atomic E-state index is 11.8. The van der Waals surface area contributed by atoms with Gasteiger partial charge in [-0.05, 0) is 18.6 Å². The van der Waals surface area contributed by atoms with Crippen molar-refractivity contribution in [1.29, 1.82) is 0 Å². The second kappa shape index (κ2) is 6.04. The van der Waals surface area contributed by atoms with Crippen LogP contribution < -0.4 is 11.1 Å². The van der Waals surface area contributed by atoms with Gasteiger partial charge in [-0.15, -0.1) is 0 Å². The van der Waals surface area contributed by atoms with Gasteiger partial charge in [0, 0.05) is 24.1 Å². The molecule has 0 fully saturated rings. The van der Waals surface area contributed by atoms with E-state index < -0.39 is 0 Å². The van der Waals surface area contributed by atoms with E-state index in [9.17, 15) is 20.1 Å². The summed E-state index contributed by atoms with van der Waals surface area (Å²) in [6.45, 7) is 0. The Kier molecular flexibility index (Phi) is 4.18. The number of carbonyl (C=O) groups excluding carboxylic acids is 1. The van der Waals surface area contributed by atoms with Crippen LogP contribution >= 0.6 is 0 Å². The van der Waals surface area contributed by atoms with Crippen molar-refractivity contribution < 1.29 is 20.1 Å². The molecule has 0 heterocycles. The number of aromatic hydroxyl groups is 3. The molecule has 0 saturated carbocycles. The number of anilines is 2. The van der Waals surface area contributed by atoms with E-state index in [4.69, 9.17) is 5.73 Å². The fourth-order valence-corrected chi connectivity index (χ4v) is 1.95. The van der Waals surface area contributed by atoms with Crippen molar-refractivity contribution >= 4 is 17.3 Å². The van der Waals surface area contributed by atoms with Crippen LogP contribution in [0.5, 0.6) is 17.2 Å². The molecule has 0 atom stereocenters. The number of phenols is 3. The van der Waals surface area contributed by atoms with Gasteiger partial charge in [0.05, 0.1) is 11.4 Å². The monoisotopic (exact) mass is 288 g/mol. The Balaban J connectivity index is 2.01. The van der Waals surface area contributed by atoms with Crippen LogP contribution in [-0.2, 0) is 11.2 Å². The molecule has 110 valence electrons. The van der Waals surface area contributed by atoms with Crippen LogP contribution in [0.4, 0.5) is 11.4 Å². The average molecular weight is 288 g/mol. The van der Waals surface area contributed by atoms with Crippen molar-refractivity contribution in [2.24, 2.45) is 0 Å². The number of benzene rings is 2.